The number of hydrogen-bond acceptors (Lipinski definition) is 0. The van der Waals surface area contributed by atoms with Crippen LogP contribution < -0.4 is 20.7 Å². The summed E-state index contributed by atoms with van der Waals surface area (Å²) < 4.78 is 5.03. The largest absolute Gasteiger partial charge is 0.308 e. The van der Waals surface area contributed by atoms with Gasteiger partial charge in [0.05, 0.1) is 33.1 Å². The van der Waals surface area contributed by atoms with Gasteiger partial charge in [0.1, 0.15) is 0 Å². The van der Waals surface area contributed by atoms with Crippen LogP contribution in [0.3, 0.4) is 0 Å². The Balaban J connectivity index is 1.01. The van der Waals surface area contributed by atoms with Gasteiger partial charge in [0.2, 0.25) is 0 Å². The summed E-state index contributed by atoms with van der Waals surface area (Å²) in [5.74, 6) is 0. The summed E-state index contributed by atoms with van der Waals surface area (Å²) in [4.78, 5) is 0. The number of aromatic nitrogens is 2. The molecule has 0 fully saturated rings. The molecule has 18 rings (SSSR count). The Bertz CT molecular complexity index is 5050. The Hall–Kier alpha value is -9.80. The van der Waals surface area contributed by atoms with E-state index >= 15 is 0 Å². The summed E-state index contributed by atoms with van der Waals surface area (Å²) in [5.41, 5.74) is 17.8. The van der Waals surface area contributed by atoms with E-state index in [0.717, 1.165) is 0 Å². The third kappa shape index (κ3) is 5.19. The van der Waals surface area contributed by atoms with Crippen LogP contribution in [0.1, 0.15) is 0 Å². The maximum Gasteiger partial charge on any atom is 0.181 e. The molecule has 0 N–H and O–H groups in total. The Morgan fingerprint density at radius 1 is 0.234 bits per heavy atom. The third-order valence-electron chi connectivity index (χ3n) is 17.9. The van der Waals surface area contributed by atoms with Gasteiger partial charge < -0.3 is 8.80 Å². The molecule has 3 heteroatoms. The topological polar surface area (TPSA) is 8.82 Å². The Kier molecular flexibility index (Phi) is 8.18. The molecule has 0 radical (unpaired) electrons. The van der Waals surface area contributed by atoms with Crippen molar-refractivity contribution in [3.63, 3.8) is 0 Å². The number of para-hydroxylation sites is 4. The lowest BCUT2D eigenvalue weighted by molar-refractivity contribution is 1.37. The molecular weight excluding hydrogens is 945 g/mol. The van der Waals surface area contributed by atoms with Crippen LogP contribution in [0.5, 0.6) is 0 Å². The van der Waals surface area contributed by atoms with E-state index in [1.807, 2.05) is 0 Å². The number of fused-ring (bicyclic) bond motifs is 17. The van der Waals surface area contributed by atoms with Gasteiger partial charge in [0, 0.05) is 43.1 Å². The van der Waals surface area contributed by atoms with E-state index in [-0.39, 0.29) is 0 Å². The number of rotatable bonds is 5. The zero-order chi connectivity index (χ0) is 50.1. The van der Waals surface area contributed by atoms with E-state index in [1.165, 1.54) is 163 Å². The standard InChI is InChI=1S/C74H44N2Si/c1-3-20-45(21-4-1)77(46-22-5-2-6-23-46)68-43-12-9-26-51(68)58-35-17-38-61(74(58)77)69-54-29-13-27-47(52-31-18-41-66-70(52)59-36-15-33-56-49-24-7-10-39-64(49)75(66)72(56)59)62(54)44-63-48(28-14-30-55(63)69)53-32-19-42-67-71(53)60-37-16-34-57-50-25-8-11-40-65(50)76(67)73(57)60/h1-44H. The average molecular weight is 989 g/mol. The molecule has 0 spiro atoms. The molecule has 2 nitrogen and oxygen atoms in total. The first-order valence-corrected chi connectivity index (χ1v) is 28.9. The smallest absolute Gasteiger partial charge is 0.181 e. The van der Waals surface area contributed by atoms with Crippen molar-refractivity contribution < 1.29 is 0 Å². The molecule has 17 aromatic rings. The van der Waals surface area contributed by atoms with Crippen molar-refractivity contribution in [2.45, 2.75) is 0 Å². The Labute approximate surface area is 444 Å². The Morgan fingerprint density at radius 3 is 1.18 bits per heavy atom. The van der Waals surface area contributed by atoms with E-state index in [1.54, 1.807) is 0 Å². The maximum atomic E-state index is 2.56. The highest BCUT2D eigenvalue weighted by atomic mass is 28.3. The van der Waals surface area contributed by atoms with Crippen molar-refractivity contribution in [1.29, 1.82) is 0 Å². The maximum absolute atomic E-state index is 2.97. The van der Waals surface area contributed by atoms with Crippen molar-refractivity contribution in [2.75, 3.05) is 0 Å². The first kappa shape index (κ1) is 41.5. The molecule has 4 aromatic heterocycles. The van der Waals surface area contributed by atoms with E-state index in [2.05, 4.69) is 276 Å². The highest BCUT2D eigenvalue weighted by Gasteiger charge is 2.50. The van der Waals surface area contributed by atoms with E-state index in [9.17, 15) is 0 Å². The number of benzene rings is 13. The van der Waals surface area contributed by atoms with Gasteiger partial charge in [-0.25, -0.2) is 0 Å². The van der Waals surface area contributed by atoms with Crippen molar-refractivity contribution in [2.24, 2.45) is 0 Å². The zero-order valence-corrected chi connectivity index (χ0v) is 42.8. The quantitative estimate of drug-likeness (QED) is 0.120. The first-order chi connectivity index (χ1) is 38.3. The molecule has 0 aliphatic carbocycles. The molecule has 1 aliphatic rings. The highest BCUT2D eigenvalue weighted by Crippen LogP contribution is 2.50. The van der Waals surface area contributed by atoms with Crippen LogP contribution in [0.4, 0.5) is 0 Å². The van der Waals surface area contributed by atoms with Gasteiger partial charge >= 0.3 is 0 Å². The van der Waals surface area contributed by atoms with Crippen molar-refractivity contribution in [3.05, 3.63) is 267 Å². The summed E-state index contributed by atoms with van der Waals surface area (Å²) in [6.45, 7) is 0. The van der Waals surface area contributed by atoms with Gasteiger partial charge in [-0.3, -0.25) is 0 Å². The van der Waals surface area contributed by atoms with Crippen molar-refractivity contribution in [3.8, 4) is 44.5 Å². The second-order valence-corrected chi connectivity index (χ2v) is 25.0. The third-order valence-corrected chi connectivity index (χ3v) is 22.8. The van der Waals surface area contributed by atoms with Gasteiger partial charge in [-0.1, -0.05) is 237 Å². The van der Waals surface area contributed by atoms with Gasteiger partial charge in [-0.2, -0.15) is 0 Å². The summed E-state index contributed by atoms with van der Waals surface area (Å²) in [6.07, 6.45) is 0. The van der Waals surface area contributed by atoms with Gasteiger partial charge in [-0.05, 0) is 117 Å². The minimum atomic E-state index is -2.97. The fraction of sp³-hybridized carbons (Fsp3) is 0. The summed E-state index contributed by atoms with van der Waals surface area (Å²) in [7, 11) is -2.97. The van der Waals surface area contributed by atoms with Crippen molar-refractivity contribution in [1.82, 2.24) is 8.80 Å². The summed E-state index contributed by atoms with van der Waals surface area (Å²) in [5, 5.41) is 21.0. The van der Waals surface area contributed by atoms with Gasteiger partial charge in [-0.15, -0.1) is 0 Å². The number of nitrogens with zero attached hydrogens (tertiary/aromatic N) is 2. The lowest BCUT2D eigenvalue weighted by Gasteiger charge is -2.33. The fourth-order valence-electron chi connectivity index (χ4n) is 15.0. The number of hydrogen-bond donors (Lipinski definition) is 0. The monoisotopic (exact) mass is 988 g/mol. The molecular formula is C74H44N2Si. The lowest BCUT2D eigenvalue weighted by Crippen LogP contribution is -2.73. The molecule has 0 saturated carbocycles. The van der Waals surface area contributed by atoms with Crippen LogP contribution in [0.25, 0.3) is 142 Å². The second-order valence-electron chi connectivity index (χ2n) is 21.3. The molecule has 5 heterocycles. The van der Waals surface area contributed by atoms with Crippen LogP contribution >= 0.6 is 0 Å². The predicted octanol–water partition coefficient (Wildman–Crippen LogP) is 16.7. The van der Waals surface area contributed by atoms with Crippen LogP contribution in [-0.4, -0.2) is 16.9 Å². The molecule has 0 saturated heterocycles. The Morgan fingerprint density at radius 2 is 0.610 bits per heavy atom. The van der Waals surface area contributed by atoms with Crippen molar-refractivity contribution >= 4 is 127 Å². The fourth-order valence-corrected chi connectivity index (χ4v) is 20.4. The lowest BCUT2D eigenvalue weighted by atomic mass is 9.84. The first-order valence-electron chi connectivity index (χ1n) is 26.9. The molecule has 354 valence electrons. The van der Waals surface area contributed by atoms with E-state index < -0.39 is 8.07 Å². The minimum Gasteiger partial charge on any atom is -0.308 e. The highest BCUT2D eigenvalue weighted by molar-refractivity contribution is 7.22. The van der Waals surface area contributed by atoms with Crippen LogP contribution in [0, 0.1) is 0 Å². The molecule has 0 amide bonds. The summed E-state index contributed by atoms with van der Waals surface area (Å²) in [6, 6.07) is 102. The van der Waals surface area contributed by atoms with Gasteiger partial charge in [0.25, 0.3) is 0 Å². The molecule has 0 unspecified atom stereocenters. The van der Waals surface area contributed by atoms with E-state index in [4.69, 9.17) is 0 Å². The normalized spacial score (nSPS) is 13.3. The van der Waals surface area contributed by atoms with E-state index in [0.29, 0.717) is 0 Å². The summed E-state index contributed by atoms with van der Waals surface area (Å²) >= 11 is 0. The molecule has 13 aromatic carbocycles. The SMILES string of the molecule is c1ccc([Si]2(c3ccccc3)c3ccccc3-c3cccc(-c4c5cccc(-c6cccc7c6c6cccc8c9ccccc9n7c86)c5cc5c(-c6cccc7c6c6cccc8c9ccccc9n7c86)cccc45)c32)cc1. The van der Waals surface area contributed by atoms with Crippen LogP contribution in [0.15, 0.2) is 267 Å². The molecule has 1 aliphatic heterocycles. The molecule has 77 heavy (non-hydrogen) atoms. The van der Waals surface area contributed by atoms with Crippen LogP contribution in [-0.2, 0) is 0 Å². The average Bonchev–Trinajstić information content (AvgIpc) is 4.51. The molecule has 0 atom stereocenters. The second kappa shape index (κ2) is 15.2. The minimum absolute atomic E-state index is 1.24. The zero-order valence-electron chi connectivity index (χ0n) is 41.8. The van der Waals surface area contributed by atoms with Gasteiger partial charge in [0.15, 0.2) is 8.07 Å². The van der Waals surface area contributed by atoms with Crippen LogP contribution in [0.2, 0.25) is 0 Å². The molecule has 0 bridgehead atoms. The predicted molar refractivity (Wildman–Crippen MR) is 330 cm³/mol.